The minimum atomic E-state index is 0. The van der Waals surface area contributed by atoms with E-state index in [9.17, 15) is 4.79 Å². The molecule has 9 heteroatoms. The lowest BCUT2D eigenvalue weighted by Crippen LogP contribution is -2.45. The van der Waals surface area contributed by atoms with Gasteiger partial charge in [0.05, 0.1) is 27.9 Å². The third-order valence-electron chi connectivity index (χ3n) is 4.67. The second kappa shape index (κ2) is 12.6. The molecule has 1 aliphatic heterocycles. The molecule has 1 fully saturated rings. The molecule has 0 aliphatic carbocycles. The summed E-state index contributed by atoms with van der Waals surface area (Å²) < 4.78 is 16.2. The highest BCUT2D eigenvalue weighted by molar-refractivity contribution is 14.0. The van der Waals surface area contributed by atoms with Gasteiger partial charge >= 0.3 is 0 Å². The van der Waals surface area contributed by atoms with E-state index in [1.165, 1.54) is 0 Å². The Hall–Kier alpha value is -1.91. The number of rotatable bonds is 8. The number of halogens is 1. The fourth-order valence-electron chi connectivity index (χ4n) is 3.24. The maximum absolute atomic E-state index is 11.9. The van der Waals surface area contributed by atoms with Crippen molar-refractivity contribution in [3.05, 3.63) is 17.7 Å². The first-order valence-corrected chi connectivity index (χ1v) is 9.67. The van der Waals surface area contributed by atoms with Gasteiger partial charge in [0.1, 0.15) is 0 Å². The molecule has 1 aromatic carbocycles. The Balaban J connectivity index is 0.00000420. The molecular formula is C20H33IN4O4. The van der Waals surface area contributed by atoms with Crippen LogP contribution in [0.25, 0.3) is 0 Å². The minimum Gasteiger partial charge on any atom is -0.493 e. The lowest BCUT2D eigenvalue weighted by molar-refractivity contribution is -0.129. The molecule has 2 N–H and O–H groups in total. The molecule has 1 amide bonds. The number of hydrogen-bond donors (Lipinski definition) is 2. The Kier molecular flexibility index (Phi) is 10.9. The SMILES string of the molecule is CCNC(=NCc1cc(OC)c(OC)c(OC)c1)NC1CCN(C(=O)CC)C1.I. The van der Waals surface area contributed by atoms with Crippen LogP contribution in [0.1, 0.15) is 32.3 Å². The molecule has 164 valence electrons. The molecule has 0 aromatic heterocycles. The number of ether oxygens (including phenoxy) is 3. The highest BCUT2D eigenvalue weighted by Crippen LogP contribution is 2.38. The van der Waals surface area contributed by atoms with Crippen molar-refractivity contribution in [1.82, 2.24) is 15.5 Å². The number of guanidine groups is 1. The Morgan fingerprint density at radius 2 is 1.83 bits per heavy atom. The van der Waals surface area contributed by atoms with E-state index in [1.54, 1.807) is 21.3 Å². The van der Waals surface area contributed by atoms with Crippen LogP contribution in [0.2, 0.25) is 0 Å². The molecule has 0 radical (unpaired) electrons. The number of carbonyl (C=O) groups excluding carboxylic acids is 1. The Morgan fingerprint density at radius 1 is 1.17 bits per heavy atom. The first-order valence-electron chi connectivity index (χ1n) is 9.67. The summed E-state index contributed by atoms with van der Waals surface area (Å²) in [6, 6.07) is 3.99. The van der Waals surface area contributed by atoms with Crippen molar-refractivity contribution in [1.29, 1.82) is 0 Å². The van der Waals surface area contributed by atoms with Gasteiger partial charge in [-0.15, -0.1) is 24.0 Å². The molecule has 1 atom stereocenters. The maximum atomic E-state index is 11.9. The van der Waals surface area contributed by atoms with Crippen LogP contribution in [-0.4, -0.2) is 63.8 Å². The number of likely N-dealkylation sites (tertiary alicyclic amines) is 1. The maximum Gasteiger partial charge on any atom is 0.222 e. The molecule has 0 spiro atoms. The van der Waals surface area contributed by atoms with Gasteiger partial charge < -0.3 is 29.7 Å². The number of carbonyl (C=O) groups is 1. The number of amides is 1. The fraction of sp³-hybridized carbons (Fsp3) is 0.600. The summed E-state index contributed by atoms with van der Waals surface area (Å²) in [6.07, 6.45) is 1.46. The van der Waals surface area contributed by atoms with Crippen LogP contribution in [0.5, 0.6) is 17.2 Å². The number of aliphatic imine (C=N–C) groups is 1. The van der Waals surface area contributed by atoms with E-state index in [2.05, 4.69) is 15.6 Å². The molecule has 1 aliphatic rings. The summed E-state index contributed by atoms with van der Waals surface area (Å²) >= 11 is 0. The van der Waals surface area contributed by atoms with Crippen LogP contribution in [0.15, 0.2) is 17.1 Å². The summed E-state index contributed by atoms with van der Waals surface area (Å²) in [6.45, 7) is 6.63. The summed E-state index contributed by atoms with van der Waals surface area (Å²) in [7, 11) is 4.78. The Labute approximate surface area is 190 Å². The van der Waals surface area contributed by atoms with Crippen LogP contribution in [0.3, 0.4) is 0 Å². The monoisotopic (exact) mass is 520 g/mol. The largest absolute Gasteiger partial charge is 0.493 e. The van der Waals surface area contributed by atoms with Gasteiger partial charge in [-0.1, -0.05) is 6.92 Å². The first kappa shape index (κ1) is 25.1. The third kappa shape index (κ3) is 6.83. The van der Waals surface area contributed by atoms with Gasteiger partial charge in [0.2, 0.25) is 11.7 Å². The van der Waals surface area contributed by atoms with Crippen LogP contribution >= 0.6 is 24.0 Å². The average molecular weight is 520 g/mol. The van der Waals surface area contributed by atoms with Crippen LogP contribution in [0, 0.1) is 0 Å². The quantitative estimate of drug-likeness (QED) is 0.311. The number of methoxy groups -OCH3 is 3. The van der Waals surface area contributed by atoms with E-state index in [4.69, 9.17) is 14.2 Å². The van der Waals surface area contributed by atoms with Gasteiger partial charge in [0.15, 0.2) is 17.5 Å². The van der Waals surface area contributed by atoms with Gasteiger partial charge in [0, 0.05) is 32.1 Å². The number of nitrogens with one attached hydrogen (secondary N) is 2. The standard InChI is InChI=1S/C20H32N4O4.HI/c1-6-18(25)24-9-8-15(13-24)23-20(21-7-2)22-12-14-10-16(26-3)19(28-5)17(11-14)27-4;/h10-11,15H,6-9,12-13H2,1-5H3,(H2,21,22,23);1H. The minimum absolute atomic E-state index is 0. The molecule has 1 heterocycles. The van der Waals surface area contributed by atoms with Crippen molar-refractivity contribution in [2.24, 2.45) is 4.99 Å². The number of nitrogens with zero attached hydrogens (tertiary/aromatic N) is 2. The van der Waals surface area contributed by atoms with Gasteiger partial charge in [-0.3, -0.25) is 4.79 Å². The summed E-state index contributed by atoms with van der Waals surface area (Å²) in [5.41, 5.74) is 0.945. The Morgan fingerprint density at radius 3 is 2.34 bits per heavy atom. The van der Waals surface area contributed by atoms with E-state index >= 15 is 0 Å². The van der Waals surface area contributed by atoms with Crippen LogP contribution in [-0.2, 0) is 11.3 Å². The predicted molar refractivity (Wildman–Crippen MR) is 125 cm³/mol. The van der Waals surface area contributed by atoms with Gasteiger partial charge in [-0.25, -0.2) is 4.99 Å². The molecule has 1 aromatic rings. The van der Waals surface area contributed by atoms with E-state index in [0.29, 0.717) is 36.8 Å². The topological polar surface area (TPSA) is 84.4 Å². The van der Waals surface area contributed by atoms with Crippen molar-refractivity contribution in [2.45, 2.75) is 39.3 Å². The van der Waals surface area contributed by atoms with Crippen LogP contribution in [0.4, 0.5) is 0 Å². The third-order valence-corrected chi connectivity index (χ3v) is 4.67. The fourth-order valence-corrected chi connectivity index (χ4v) is 3.24. The van der Waals surface area contributed by atoms with Crippen molar-refractivity contribution < 1.29 is 19.0 Å². The smallest absolute Gasteiger partial charge is 0.222 e. The molecule has 1 unspecified atom stereocenters. The van der Waals surface area contributed by atoms with Gasteiger partial charge in [-0.2, -0.15) is 0 Å². The highest BCUT2D eigenvalue weighted by atomic mass is 127. The molecule has 0 bridgehead atoms. The predicted octanol–water partition coefficient (Wildman–Crippen LogP) is 2.40. The normalized spacial score (nSPS) is 16.1. The van der Waals surface area contributed by atoms with Gasteiger partial charge in [-0.05, 0) is 31.0 Å². The summed E-state index contributed by atoms with van der Waals surface area (Å²) in [5, 5.41) is 6.70. The zero-order valence-corrected chi connectivity index (χ0v) is 20.2. The molecule has 2 rings (SSSR count). The number of benzene rings is 1. The van der Waals surface area contributed by atoms with E-state index < -0.39 is 0 Å². The van der Waals surface area contributed by atoms with E-state index in [0.717, 1.165) is 31.0 Å². The molecular weight excluding hydrogens is 487 g/mol. The van der Waals surface area contributed by atoms with Crippen molar-refractivity contribution in [3.8, 4) is 17.2 Å². The highest BCUT2D eigenvalue weighted by Gasteiger charge is 2.25. The van der Waals surface area contributed by atoms with E-state index in [-0.39, 0.29) is 35.9 Å². The van der Waals surface area contributed by atoms with Crippen molar-refractivity contribution in [2.75, 3.05) is 41.0 Å². The first-order chi connectivity index (χ1) is 13.6. The Bertz CT molecular complexity index is 674. The molecule has 1 saturated heterocycles. The van der Waals surface area contributed by atoms with Gasteiger partial charge in [0.25, 0.3) is 0 Å². The molecule has 8 nitrogen and oxygen atoms in total. The van der Waals surface area contributed by atoms with Crippen molar-refractivity contribution in [3.63, 3.8) is 0 Å². The second-order valence-electron chi connectivity index (χ2n) is 6.55. The average Bonchev–Trinajstić information content (AvgIpc) is 3.19. The molecule has 29 heavy (non-hydrogen) atoms. The summed E-state index contributed by atoms with van der Waals surface area (Å²) in [4.78, 5) is 18.5. The lowest BCUT2D eigenvalue weighted by atomic mass is 10.2. The lowest BCUT2D eigenvalue weighted by Gasteiger charge is -2.19. The zero-order valence-electron chi connectivity index (χ0n) is 17.9. The zero-order chi connectivity index (χ0) is 20.5. The van der Waals surface area contributed by atoms with E-state index in [1.807, 2.05) is 30.9 Å². The number of hydrogen-bond acceptors (Lipinski definition) is 5. The summed E-state index contributed by atoms with van der Waals surface area (Å²) in [5.74, 6) is 2.70. The van der Waals surface area contributed by atoms with Crippen LogP contribution < -0.4 is 24.8 Å². The second-order valence-corrected chi connectivity index (χ2v) is 6.55. The molecule has 0 saturated carbocycles. The van der Waals surface area contributed by atoms with Crippen molar-refractivity contribution >= 4 is 35.8 Å².